The SMILES string of the molecule is COCCOCCOc1cccc2c(OCCOCCO)cccc12. The van der Waals surface area contributed by atoms with Gasteiger partial charge in [0, 0.05) is 17.9 Å². The first-order chi connectivity index (χ1) is 12.4. The molecule has 0 aliphatic heterocycles. The van der Waals surface area contributed by atoms with Crippen LogP contribution in [0.25, 0.3) is 10.8 Å². The van der Waals surface area contributed by atoms with E-state index >= 15 is 0 Å². The highest BCUT2D eigenvalue weighted by Gasteiger charge is 2.07. The number of ether oxygens (including phenoxy) is 5. The lowest BCUT2D eigenvalue weighted by Crippen LogP contribution is -2.10. The van der Waals surface area contributed by atoms with Gasteiger partial charge >= 0.3 is 0 Å². The van der Waals surface area contributed by atoms with Gasteiger partial charge in [-0.3, -0.25) is 0 Å². The number of methoxy groups -OCH3 is 1. The standard InChI is InChI=1S/C19H26O6/c1-21-10-11-23-13-15-25-19-7-3-4-16-17(19)5-2-6-18(16)24-14-12-22-9-8-20/h2-7,20H,8-15H2,1H3. The molecule has 2 aromatic rings. The molecule has 0 atom stereocenters. The fourth-order valence-electron chi connectivity index (χ4n) is 2.34. The molecule has 6 heteroatoms. The molecule has 0 saturated heterocycles. The first-order valence-electron chi connectivity index (χ1n) is 8.39. The molecule has 2 aromatic carbocycles. The van der Waals surface area contributed by atoms with Gasteiger partial charge in [0.05, 0.1) is 39.6 Å². The molecule has 2 rings (SSSR count). The number of hydrogen-bond donors (Lipinski definition) is 1. The van der Waals surface area contributed by atoms with E-state index in [9.17, 15) is 0 Å². The molecule has 0 bridgehead atoms. The van der Waals surface area contributed by atoms with Crippen LogP contribution >= 0.6 is 0 Å². The molecule has 0 spiro atoms. The molecule has 0 heterocycles. The molecular weight excluding hydrogens is 324 g/mol. The molecule has 0 amide bonds. The zero-order chi connectivity index (χ0) is 17.7. The van der Waals surface area contributed by atoms with Crippen LogP contribution < -0.4 is 9.47 Å². The molecule has 138 valence electrons. The van der Waals surface area contributed by atoms with Crippen molar-refractivity contribution in [3.05, 3.63) is 36.4 Å². The minimum atomic E-state index is 0.0180. The Morgan fingerprint density at radius 2 is 1.20 bits per heavy atom. The number of aliphatic hydroxyl groups is 1. The molecule has 6 nitrogen and oxygen atoms in total. The zero-order valence-electron chi connectivity index (χ0n) is 14.6. The van der Waals surface area contributed by atoms with E-state index in [1.807, 2.05) is 36.4 Å². The third-order valence-electron chi connectivity index (χ3n) is 3.48. The van der Waals surface area contributed by atoms with Gasteiger partial charge in [-0.25, -0.2) is 0 Å². The van der Waals surface area contributed by atoms with Crippen LogP contribution in [0.3, 0.4) is 0 Å². The average molecular weight is 350 g/mol. The van der Waals surface area contributed by atoms with Gasteiger partial charge in [0.25, 0.3) is 0 Å². The topological polar surface area (TPSA) is 66.4 Å². The van der Waals surface area contributed by atoms with Crippen LogP contribution in [0.15, 0.2) is 36.4 Å². The summed E-state index contributed by atoms with van der Waals surface area (Å²) in [5.74, 6) is 1.58. The zero-order valence-corrected chi connectivity index (χ0v) is 14.6. The van der Waals surface area contributed by atoms with Crippen molar-refractivity contribution in [3.8, 4) is 11.5 Å². The Hall–Kier alpha value is -1.86. The van der Waals surface area contributed by atoms with E-state index in [4.69, 9.17) is 28.8 Å². The Labute approximate surface area is 148 Å². The highest BCUT2D eigenvalue weighted by atomic mass is 16.5. The molecule has 1 N–H and O–H groups in total. The van der Waals surface area contributed by atoms with Gasteiger partial charge in [-0.2, -0.15) is 0 Å². The summed E-state index contributed by atoms with van der Waals surface area (Å²) in [7, 11) is 1.65. The molecule has 0 unspecified atom stereocenters. The summed E-state index contributed by atoms with van der Waals surface area (Å²) < 4.78 is 27.2. The fraction of sp³-hybridized carbons (Fsp3) is 0.474. The molecule has 0 fully saturated rings. The summed E-state index contributed by atoms with van der Waals surface area (Å²) in [5, 5.41) is 10.7. The predicted octanol–water partition coefficient (Wildman–Crippen LogP) is 2.27. The molecule has 0 aromatic heterocycles. The van der Waals surface area contributed by atoms with E-state index in [0.29, 0.717) is 46.2 Å². The van der Waals surface area contributed by atoms with Gasteiger partial charge in [-0.1, -0.05) is 24.3 Å². The first-order valence-corrected chi connectivity index (χ1v) is 8.39. The van der Waals surface area contributed by atoms with Crippen LogP contribution in [0.5, 0.6) is 11.5 Å². The number of aliphatic hydroxyl groups excluding tert-OH is 1. The Balaban J connectivity index is 1.92. The lowest BCUT2D eigenvalue weighted by atomic mass is 10.1. The van der Waals surface area contributed by atoms with E-state index in [2.05, 4.69) is 0 Å². The van der Waals surface area contributed by atoms with Crippen LogP contribution in [0.2, 0.25) is 0 Å². The van der Waals surface area contributed by atoms with Crippen LogP contribution in [-0.4, -0.2) is 65.1 Å². The predicted molar refractivity (Wildman–Crippen MR) is 95.5 cm³/mol. The maximum Gasteiger partial charge on any atom is 0.127 e. The van der Waals surface area contributed by atoms with Crippen molar-refractivity contribution >= 4 is 10.8 Å². The maximum atomic E-state index is 8.69. The summed E-state index contributed by atoms with van der Waals surface area (Å²) in [5.41, 5.74) is 0. The van der Waals surface area contributed by atoms with Crippen molar-refractivity contribution in [2.75, 3.05) is 60.0 Å². The van der Waals surface area contributed by atoms with Crippen molar-refractivity contribution in [2.45, 2.75) is 0 Å². The summed E-state index contributed by atoms with van der Waals surface area (Å²) in [6.45, 7) is 3.33. The van der Waals surface area contributed by atoms with Gasteiger partial charge in [0.15, 0.2) is 0 Å². The van der Waals surface area contributed by atoms with Crippen LogP contribution in [0.4, 0.5) is 0 Å². The van der Waals surface area contributed by atoms with E-state index in [1.165, 1.54) is 0 Å². The van der Waals surface area contributed by atoms with Crippen molar-refractivity contribution in [3.63, 3.8) is 0 Å². The van der Waals surface area contributed by atoms with E-state index in [0.717, 1.165) is 22.3 Å². The molecule has 25 heavy (non-hydrogen) atoms. The minimum absolute atomic E-state index is 0.0180. The summed E-state index contributed by atoms with van der Waals surface area (Å²) in [4.78, 5) is 0. The average Bonchev–Trinajstić information content (AvgIpc) is 2.64. The Morgan fingerprint density at radius 1 is 0.680 bits per heavy atom. The molecule has 0 saturated carbocycles. The summed E-state index contributed by atoms with van der Waals surface area (Å²) in [6.07, 6.45) is 0. The molecular formula is C19H26O6. The second-order valence-electron chi connectivity index (χ2n) is 5.25. The van der Waals surface area contributed by atoms with Crippen LogP contribution in [-0.2, 0) is 14.2 Å². The largest absolute Gasteiger partial charge is 0.491 e. The number of fused-ring (bicyclic) bond motifs is 1. The third-order valence-corrected chi connectivity index (χ3v) is 3.48. The van der Waals surface area contributed by atoms with E-state index in [1.54, 1.807) is 7.11 Å². The van der Waals surface area contributed by atoms with Gasteiger partial charge in [0.1, 0.15) is 24.7 Å². The van der Waals surface area contributed by atoms with Crippen molar-refractivity contribution in [2.24, 2.45) is 0 Å². The highest BCUT2D eigenvalue weighted by Crippen LogP contribution is 2.32. The van der Waals surface area contributed by atoms with E-state index in [-0.39, 0.29) is 6.61 Å². The highest BCUT2D eigenvalue weighted by molar-refractivity contribution is 5.93. The number of rotatable bonds is 13. The second-order valence-corrected chi connectivity index (χ2v) is 5.25. The Kier molecular flexibility index (Phi) is 9.07. The summed E-state index contributed by atoms with van der Waals surface area (Å²) in [6, 6.07) is 11.7. The lowest BCUT2D eigenvalue weighted by molar-refractivity contribution is 0.0547. The van der Waals surface area contributed by atoms with E-state index < -0.39 is 0 Å². The Bertz CT molecular complexity index is 616. The monoisotopic (exact) mass is 350 g/mol. The van der Waals surface area contributed by atoms with Crippen molar-refractivity contribution < 1.29 is 28.8 Å². The van der Waals surface area contributed by atoms with Crippen molar-refractivity contribution in [1.29, 1.82) is 0 Å². The van der Waals surface area contributed by atoms with Crippen LogP contribution in [0.1, 0.15) is 0 Å². The number of hydrogen-bond acceptors (Lipinski definition) is 6. The normalized spacial score (nSPS) is 11.0. The van der Waals surface area contributed by atoms with Gasteiger partial charge in [-0.15, -0.1) is 0 Å². The molecule has 0 radical (unpaired) electrons. The smallest absolute Gasteiger partial charge is 0.127 e. The quantitative estimate of drug-likeness (QED) is 0.559. The summed E-state index contributed by atoms with van der Waals surface area (Å²) >= 11 is 0. The van der Waals surface area contributed by atoms with Gasteiger partial charge in [0.2, 0.25) is 0 Å². The first kappa shape index (κ1) is 19.5. The van der Waals surface area contributed by atoms with Gasteiger partial charge < -0.3 is 28.8 Å². The van der Waals surface area contributed by atoms with Crippen LogP contribution in [0, 0.1) is 0 Å². The maximum absolute atomic E-state index is 8.69. The second kappa shape index (κ2) is 11.7. The van der Waals surface area contributed by atoms with Crippen molar-refractivity contribution in [1.82, 2.24) is 0 Å². The lowest BCUT2D eigenvalue weighted by Gasteiger charge is -2.13. The number of benzene rings is 2. The molecule has 0 aliphatic carbocycles. The minimum Gasteiger partial charge on any atom is -0.491 e. The molecule has 0 aliphatic rings. The fourth-order valence-corrected chi connectivity index (χ4v) is 2.34. The Morgan fingerprint density at radius 3 is 1.72 bits per heavy atom. The third kappa shape index (κ3) is 6.51. The van der Waals surface area contributed by atoms with Gasteiger partial charge in [-0.05, 0) is 12.1 Å².